The minimum absolute atomic E-state index is 0.194. The predicted octanol–water partition coefficient (Wildman–Crippen LogP) is 5.09. The van der Waals surface area contributed by atoms with E-state index in [0.717, 1.165) is 23.8 Å². The van der Waals surface area contributed by atoms with Crippen LogP contribution in [0.5, 0.6) is 5.75 Å². The van der Waals surface area contributed by atoms with Crippen molar-refractivity contribution in [3.05, 3.63) is 53.5 Å². The number of esters is 1. The zero-order chi connectivity index (χ0) is 19.8. The molecule has 1 saturated carbocycles. The molecular weight excluding hydrogens is 354 g/mol. The summed E-state index contributed by atoms with van der Waals surface area (Å²) in [7, 11) is 1.34. The second-order valence-electron chi connectivity index (χ2n) is 7.68. The molecule has 1 aliphatic carbocycles. The molecule has 1 aromatic heterocycles. The van der Waals surface area contributed by atoms with E-state index in [1.807, 2.05) is 18.2 Å². The summed E-state index contributed by atoms with van der Waals surface area (Å²) in [5.41, 5.74) is 1.79. The molecule has 1 fully saturated rings. The van der Waals surface area contributed by atoms with E-state index in [4.69, 9.17) is 13.9 Å². The summed E-state index contributed by atoms with van der Waals surface area (Å²) in [6.45, 7) is 3.29. The summed E-state index contributed by atoms with van der Waals surface area (Å²) in [6.07, 6.45) is 9.63. The lowest BCUT2D eigenvalue weighted by atomic mass is 9.85. The predicted molar refractivity (Wildman–Crippen MR) is 108 cm³/mol. The largest absolute Gasteiger partial charge is 0.488 e. The maximum atomic E-state index is 11.7. The number of hydrogen-bond donors (Lipinski definition) is 1. The molecule has 0 aliphatic heterocycles. The molecule has 1 aliphatic rings. The molecule has 0 amide bonds. The monoisotopic (exact) mass is 385 g/mol. The second-order valence-corrected chi connectivity index (χ2v) is 7.68. The smallest absolute Gasteiger partial charge is 0.374 e. The fraction of sp³-hybridized carbons (Fsp3) is 0.522. The summed E-state index contributed by atoms with van der Waals surface area (Å²) in [4.78, 5) is 11.7. The van der Waals surface area contributed by atoms with Crippen molar-refractivity contribution in [3.8, 4) is 5.75 Å². The van der Waals surface area contributed by atoms with Crippen molar-refractivity contribution in [2.75, 3.05) is 7.11 Å². The van der Waals surface area contributed by atoms with Crippen LogP contribution < -0.4 is 10.1 Å². The molecule has 3 rings (SSSR count). The molecule has 1 N–H and O–H groups in total. The van der Waals surface area contributed by atoms with Gasteiger partial charge in [0, 0.05) is 23.7 Å². The fourth-order valence-corrected chi connectivity index (χ4v) is 3.96. The van der Waals surface area contributed by atoms with Crippen molar-refractivity contribution in [2.24, 2.45) is 5.92 Å². The van der Waals surface area contributed by atoms with Crippen LogP contribution in [0.25, 0.3) is 0 Å². The maximum absolute atomic E-state index is 11.7. The van der Waals surface area contributed by atoms with E-state index in [0.29, 0.717) is 11.6 Å². The van der Waals surface area contributed by atoms with Gasteiger partial charge in [-0.1, -0.05) is 50.3 Å². The Balaban J connectivity index is 1.54. The number of hydrogen-bond acceptors (Lipinski definition) is 5. The first-order valence-corrected chi connectivity index (χ1v) is 10.3. The lowest BCUT2D eigenvalue weighted by Gasteiger charge is -2.25. The van der Waals surface area contributed by atoms with Crippen LogP contribution in [0.4, 0.5) is 0 Å². The van der Waals surface area contributed by atoms with Gasteiger partial charge in [-0.15, -0.1) is 0 Å². The summed E-state index contributed by atoms with van der Waals surface area (Å²) in [5.74, 6) is 1.38. The van der Waals surface area contributed by atoms with Crippen molar-refractivity contribution in [1.29, 1.82) is 0 Å². The lowest BCUT2D eigenvalue weighted by Crippen LogP contribution is -2.28. The average molecular weight is 386 g/mol. The van der Waals surface area contributed by atoms with Crippen LogP contribution in [0.3, 0.4) is 0 Å². The van der Waals surface area contributed by atoms with Gasteiger partial charge in [0.05, 0.1) is 13.4 Å². The third kappa shape index (κ3) is 5.61. The van der Waals surface area contributed by atoms with Gasteiger partial charge >= 0.3 is 5.97 Å². The second kappa shape index (κ2) is 10.3. The zero-order valence-corrected chi connectivity index (χ0v) is 16.9. The van der Waals surface area contributed by atoms with E-state index >= 15 is 0 Å². The molecule has 5 heteroatoms. The van der Waals surface area contributed by atoms with Crippen LogP contribution in [0.15, 0.2) is 41.0 Å². The number of furan rings is 1. The van der Waals surface area contributed by atoms with Gasteiger partial charge in [-0.25, -0.2) is 4.79 Å². The third-order valence-electron chi connectivity index (χ3n) is 5.53. The quantitative estimate of drug-likeness (QED) is 0.609. The number of methoxy groups -OCH3 is 1. The number of rotatable bonds is 9. The molecular formula is C23H31NO4. The molecule has 1 atom stereocenters. The van der Waals surface area contributed by atoms with Crippen LogP contribution in [0.2, 0.25) is 0 Å². The van der Waals surface area contributed by atoms with Gasteiger partial charge in [0.2, 0.25) is 5.76 Å². The Hall–Kier alpha value is -2.27. The van der Waals surface area contributed by atoms with Crippen LogP contribution in [0, 0.1) is 5.92 Å². The fourth-order valence-electron chi connectivity index (χ4n) is 3.96. The summed E-state index contributed by atoms with van der Waals surface area (Å²) < 4.78 is 16.0. The van der Waals surface area contributed by atoms with E-state index in [2.05, 4.69) is 18.3 Å². The van der Waals surface area contributed by atoms with Gasteiger partial charge in [0.1, 0.15) is 12.4 Å². The van der Waals surface area contributed by atoms with E-state index in [1.54, 1.807) is 6.07 Å². The minimum atomic E-state index is -0.491. The normalized spacial score (nSPS) is 15.9. The van der Waals surface area contributed by atoms with Gasteiger partial charge in [0.25, 0.3) is 0 Å². The minimum Gasteiger partial charge on any atom is -0.488 e. The van der Waals surface area contributed by atoms with E-state index in [1.165, 1.54) is 51.9 Å². The van der Waals surface area contributed by atoms with Crippen LogP contribution in [-0.2, 0) is 17.9 Å². The molecule has 1 unspecified atom stereocenters. The highest BCUT2D eigenvalue weighted by molar-refractivity contribution is 5.87. The van der Waals surface area contributed by atoms with Crippen molar-refractivity contribution in [2.45, 2.75) is 64.6 Å². The van der Waals surface area contributed by atoms with Gasteiger partial charge in [-0.2, -0.15) is 0 Å². The number of ether oxygens (including phenoxy) is 2. The molecule has 28 heavy (non-hydrogen) atoms. The molecule has 1 heterocycles. The molecule has 0 saturated heterocycles. The number of nitrogens with one attached hydrogen (secondary N) is 1. The first-order valence-electron chi connectivity index (χ1n) is 10.3. The standard InChI is InChI=1S/C23H31NO4/c1-17(14-18-8-4-3-5-9-18)24-15-19-10-6-7-11-21(19)28-16-20-12-13-27-22(20)23(25)26-2/h6-7,10-13,17-18,24H,3-5,8-9,14-16H2,1-2H3. The first kappa shape index (κ1) is 20.5. The van der Waals surface area contributed by atoms with Crippen molar-refractivity contribution >= 4 is 5.97 Å². The molecule has 1 aromatic carbocycles. The Bertz CT molecular complexity index is 749. The number of para-hydroxylation sites is 1. The Morgan fingerprint density at radius 1 is 1.18 bits per heavy atom. The van der Waals surface area contributed by atoms with Gasteiger partial charge < -0.3 is 19.2 Å². The van der Waals surface area contributed by atoms with Crippen molar-refractivity contribution in [1.82, 2.24) is 5.32 Å². The number of benzene rings is 1. The molecule has 152 valence electrons. The highest BCUT2D eigenvalue weighted by Crippen LogP contribution is 2.27. The van der Waals surface area contributed by atoms with Crippen LogP contribution in [-0.4, -0.2) is 19.1 Å². The molecule has 2 aromatic rings. The summed E-state index contributed by atoms with van der Waals surface area (Å²) in [5, 5.41) is 3.65. The Morgan fingerprint density at radius 2 is 1.96 bits per heavy atom. The zero-order valence-electron chi connectivity index (χ0n) is 16.9. The number of carbonyl (C=O) groups is 1. The van der Waals surface area contributed by atoms with E-state index in [9.17, 15) is 4.79 Å². The highest BCUT2D eigenvalue weighted by Gasteiger charge is 2.18. The molecule has 0 bridgehead atoms. The van der Waals surface area contributed by atoms with Gasteiger partial charge in [0.15, 0.2) is 0 Å². The molecule has 0 spiro atoms. The van der Waals surface area contributed by atoms with Crippen molar-refractivity contribution in [3.63, 3.8) is 0 Å². The van der Waals surface area contributed by atoms with Gasteiger partial charge in [-0.3, -0.25) is 0 Å². The number of carbonyl (C=O) groups excluding carboxylic acids is 1. The highest BCUT2D eigenvalue weighted by atomic mass is 16.5. The average Bonchev–Trinajstić information content (AvgIpc) is 3.20. The Morgan fingerprint density at radius 3 is 2.75 bits per heavy atom. The Labute approximate surface area is 167 Å². The van der Waals surface area contributed by atoms with E-state index in [-0.39, 0.29) is 12.4 Å². The Kier molecular flexibility index (Phi) is 7.54. The first-order chi connectivity index (χ1) is 13.7. The topological polar surface area (TPSA) is 60.7 Å². The summed E-state index contributed by atoms with van der Waals surface area (Å²) >= 11 is 0. The SMILES string of the molecule is COC(=O)c1occc1COc1ccccc1CNC(C)CC1CCCCC1. The third-order valence-corrected chi connectivity index (χ3v) is 5.53. The molecule has 5 nitrogen and oxygen atoms in total. The van der Waals surface area contributed by atoms with E-state index < -0.39 is 5.97 Å². The van der Waals surface area contributed by atoms with Crippen LogP contribution in [0.1, 0.15) is 67.1 Å². The maximum Gasteiger partial charge on any atom is 0.374 e. The van der Waals surface area contributed by atoms with Crippen molar-refractivity contribution < 1.29 is 18.7 Å². The van der Waals surface area contributed by atoms with Crippen LogP contribution >= 0.6 is 0 Å². The summed E-state index contributed by atoms with van der Waals surface area (Å²) in [6, 6.07) is 10.2. The molecule has 0 radical (unpaired) electrons. The lowest BCUT2D eigenvalue weighted by molar-refractivity contribution is 0.0561. The van der Waals surface area contributed by atoms with Gasteiger partial charge in [-0.05, 0) is 31.4 Å².